The summed E-state index contributed by atoms with van der Waals surface area (Å²) in [5, 5.41) is 2.94. The Morgan fingerprint density at radius 1 is 1.35 bits per heavy atom. The van der Waals surface area contributed by atoms with Crippen LogP contribution in [0.25, 0.3) is 0 Å². The minimum Gasteiger partial charge on any atom is -0.494 e. The van der Waals surface area contributed by atoms with E-state index in [0.717, 1.165) is 18.7 Å². The summed E-state index contributed by atoms with van der Waals surface area (Å²) in [5.41, 5.74) is 5.58. The van der Waals surface area contributed by atoms with Crippen molar-refractivity contribution in [1.29, 1.82) is 0 Å². The van der Waals surface area contributed by atoms with Crippen LogP contribution in [0.3, 0.4) is 0 Å². The van der Waals surface area contributed by atoms with E-state index in [-0.39, 0.29) is 24.0 Å². The molecule has 0 unspecified atom stereocenters. The average Bonchev–Trinajstić information content (AvgIpc) is 2.30. The van der Waals surface area contributed by atoms with Crippen LogP contribution in [0.2, 0.25) is 0 Å². The molecule has 0 amide bonds. The number of aliphatic imine (C=N–C) groups is 1. The fourth-order valence-corrected chi connectivity index (χ4v) is 1.21. The number of halogens is 1. The van der Waals surface area contributed by atoms with Gasteiger partial charge in [-0.1, -0.05) is 18.2 Å². The normalized spacial score (nSPS) is 10.5. The number of hydrogen-bond donors (Lipinski definition) is 2. The van der Waals surface area contributed by atoms with Gasteiger partial charge in [-0.05, 0) is 19.1 Å². The van der Waals surface area contributed by atoms with Crippen LogP contribution in [-0.4, -0.2) is 25.7 Å². The summed E-state index contributed by atoms with van der Waals surface area (Å²) < 4.78 is 5.52. The van der Waals surface area contributed by atoms with Gasteiger partial charge in [0, 0.05) is 19.5 Å². The standard InChI is InChI=1S/C12H19N3O.HI/c1-2-14-12(13)15-9-6-10-16-11-7-4-3-5-8-11;/h3-5,7-8H,2,6,9-10H2,1H3,(H3,13,14,15);1H. The van der Waals surface area contributed by atoms with Crippen LogP contribution in [0.5, 0.6) is 5.75 Å². The van der Waals surface area contributed by atoms with Crippen LogP contribution in [-0.2, 0) is 0 Å². The van der Waals surface area contributed by atoms with Crippen LogP contribution >= 0.6 is 24.0 Å². The van der Waals surface area contributed by atoms with Crippen molar-refractivity contribution in [3.63, 3.8) is 0 Å². The molecule has 0 saturated carbocycles. The van der Waals surface area contributed by atoms with Gasteiger partial charge in [0.1, 0.15) is 5.75 Å². The van der Waals surface area contributed by atoms with E-state index in [9.17, 15) is 0 Å². The van der Waals surface area contributed by atoms with Gasteiger partial charge < -0.3 is 15.8 Å². The van der Waals surface area contributed by atoms with Crippen molar-refractivity contribution in [3.05, 3.63) is 30.3 Å². The zero-order valence-corrected chi connectivity index (χ0v) is 12.4. The fourth-order valence-electron chi connectivity index (χ4n) is 1.21. The lowest BCUT2D eigenvalue weighted by molar-refractivity contribution is 0.313. The molecule has 0 atom stereocenters. The van der Waals surface area contributed by atoms with Gasteiger partial charge in [0.05, 0.1) is 6.61 Å². The Kier molecular flexibility index (Phi) is 9.60. The number of rotatable bonds is 6. The zero-order valence-electron chi connectivity index (χ0n) is 10.1. The predicted octanol–water partition coefficient (Wildman–Crippen LogP) is 2.00. The van der Waals surface area contributed by atoms with Crippen molar-refractivity contribution < 1.29 is 4.74 Å². The van der Waals surface area contributed by atoms with Gasteiger partial charge in [-0.3, -0.25) is 4.99 Å². The lowest BCUT2D eigenvalue weighted by atomic mass is 10.3. The number of benzene rings is 1. The highest BCUT2D eigenvalue weighted by Crippen LogP contribution is 2.08. The Bertz CT molecular complexity index is 317. The second-order valence-corrected chi connectivity index (χ2v) is 3.31. The highest BCUT2D eigenvalue weighted by atomic mass is 127. The Balaban J connectivity index is 0.00000256. The molecular weight excluding hydrogens is 329 g/mol. The summed E-state index contributed by atoms with van der Waals surface area (Å²) in [6.07, 6.45) is 0.862. The first-order chi connectivity index (χ1) is 7.83. The molecule has 1 aromatic rings. The maximum atomic E-state index is 5.58. The van der Waals surface area contributed by atoms with E-state index in [2.05, 4.69) is 10.3 Å². The molecule has 1 aromatic carbocycles. The van der Waals surface area contributed by atoms with E-state index in [1.165, 1.54) is 0 Å². The first-order valence-electron chi connectivity index (χ1n) is 5.54. The molecule has 0 aliphatic heterocycles. The van der Waals surface area contributed by atoms with E-state index in [4.69, 9.17) is 10.5 Å². The first kappa shape index (κ1) is 16.0. The summed E-state index contributed by atoms with van der Waals surface area (Å²) in [6.45, 7) is 4.13. The van der Waals surface area contributed by atoms with Crippen LogP contribution < -0.4 is 15.8 Å². The molecule has 0 saturated heterocycles. The Hall–Kier alpha value is -0.980. The van der Waals surface area contributed by atoms with Crippen LogP contribution in [0, 0.1) is 0 Å². The molecule has 0 aliphatic carbocycles. The van der Waals surface area contributed by atoms with Gasteiger partial charge in [0.2, 0.25) is 0 Å². The van der Waals surface area contributed by atoms with Gasteiger partial charge in [-0.25, -0.2) is 0 Å². The summed E-state index contributed by atoms with van der Waals surface area (Å²) >= 11 is 0. The van der Waals surface area contributed by atoms with E-state index >= 15 is 0 Å². The number of nitrogens with two attached hydrogens (primary N) is 1. The highest BCUT2D eigenvalue weighted by molar-refractivity contribution is 14.0. The third-order valence-corrected chi connectivity index (χ3v) is 1.95. The quantitative estimate of drug-likeness (QED) is 0.357. The molecule has 0 aromatic heterocycles. The lowest BCUT2D eigenvalue weighted by Gasteiger charge is -2.05. The van der Waals surface area contributed by atoms with Crippen molar-refractivity contribution >= 4 is 29.9 Å². The van der Waals surface area contributed by atoms with E-state index in [0.29, 0.717) is 19.1 Å². The van der Waals surface area contributed by atoms with Crippen molar-refractivity contribution in [2.75, 3.05) is 19.7 Å². The second-order valence-electron chi connectivity index (χ2n) is 3.31. The monoisotopic (exact) mass is 349 g/mol. The Morgan fingerprint density at radius 3 is 2.71 bits per heavy atom. The third kappa shape index (κ3) is 7.84. The molecule has 96 valence electrons. The van der Waals surface area contributed by atoms with Crippen molar-refractivity contribution in [1.82, 2.24) is 5.32 Å². The summed E-state index contributed by atoms with van der Waals surface area (Å²) in [7, 11) is 0. The minimum absolute atomic E-state index is 0. The van der Waals surface area contributed by atoms with Crippen LogP contribution in [0.15, 0.2) is 35.3 Å². The van der Waals surface area contributed by atoms with Gasteiger partial charge in [0.15, 0.2) is 5.96 Å². The summed E-state index contributed by atoms with van der Waals surface area (Å²) in [6, 6.07) is 9.76. The molecular formula is C12H20IN3O. The van der Waals surface area contributed by atoms with Crippen LogP contribution in [0.4, 0.5) is 0 Å². The topological polar surface area (TPSA) is 59.6 Å². The minimum atomic E-state index is 0. The van der Waals surface area contributed by atoms with E-state index in [1.54, 1.807) is 0 Å². The maximum Gasteiger partial charge on any atom is 0.188 e. The molecule has 0 spiro atoms. The smallest absolute Gasteiger partial charge is 0.188 e. The number of para-hydroxylation sites is 1. The van der Waals surface area contributed by atoms with Gasteiger partial charge in [0.25, 0.3) is 0 Å². The van der Waals surface area contributed by atoms with Gasteiger partial charge in [-0.2, -0.15) is 0 Å². The SMILES string of the molecule is CCNC(N)=NCCCOc1ccccc1.I. The number of nitrogens with zero attached hydrogens (tertiary/aromatic N) is 1. The molecule has 17 heavy (non-hydrogen) atoms. The molecule has 4 nitrogen and oxygen atoms in total. The molecule has 5 heteroatoms. The summed E-state index contributed by atoms with van der Waals surface area (Å²) in [5.74, 6) is 1.40. The summed E-state index contributed by atoms with van der Waals surface area (Å²) in [4.78, 5) is 4.15. The predicted molar refractivity (Wildman–Crippen MR) is 82.1 cm³/mol. The molecule has 0 aliphatic rings. The molecule has 1 rings (SSSR count). The average molecular weight is 349 g/mol. The van der Waals surface area contributed by atoms with Crippen molar-refractivity contribution in [3.8, 4) is 5.75 Å². The van der Waals surface area contributed by atoms with Crippen molar-refractivity contribution in [2.45, 2.75) is 13.3 Å². The zero-order chi connectivity index (χ0) is 11.6. The number of guanidine groups is 1. The number of hydrogen-bond acceptors (Lipinski definition) is 2. The Morgan fingerprint density at radius 2 is 2.06 bits per heavy atom. The van der Waals surface area contributed by atoms with E-state index < -0.39 is 0 Å². The van der Waals surface area contributed by atoms with Crippen LogP contribution in [0.1, 0.15) is 13.3 Å². The fraction of sp³-hybridized carbons (Fsp3) is 0.417. The van der Waals surface area contributed by atoms with Crippen molar-refractivity contribution in [2.24, 2.45) is 10.7 Å². The van der Waals surface area contributed by atoms with E-state index in [1.807, 2.05) is 37.3 Å². The second kappa shape index (κ2) is 10.2. The first-order valence-corrected chi connectivity index (χ1v) is 5.54. The van der Waals surface area contributed by atoms with Gasteiger partial charge in [-0.15, -0.1) is 24.0 Å². The number of ether oxygens (including phenoxy) is 1. The largest absolute Gasteiger partial charge is 0.494 e. The molecule has 0 radical (unpaired) electrons. The van der Waals surface area contributed by atoms with Gasteiger partial charge >= 0.3 is 0 Å². The highest BCUT2D eigenvalue weighted by Gasteiger charge is 1.92. The maximum absolute atomic E-state index is 5.58. The number of nitrogens with one attached hydrogen (secondary N) is 1. The molecule has 0 heterocycles. The Labute approximate surface area is 120 Å². The third-order valence-electron chi connectivity index (χ3n) is 1.95. The molecule has 0 bridgehead atoms. The molecule has 0 fully saturated rings. The lowest BCUT2D eigenvalue weighted by Crippen LogP contribution is -2.31. The molecule has 3 N–H and O–H groups in total.